The fourth-order valence-electron chi connectivity index (χ4n) is 2.26. The van der Waals surface area contributed by atoms with Gasteiger partial charge >= 0.3 is 0 Å². The average Bonchev–Trinajstić information content (AvgIpc) is 3.34. The number of carbonyl (C=O) groups excluding carboxylic acids is 2. The first-order valence-electron chi connectivity index (χ1n) is 8.21. The predicted molar refractivity (Wildman–Crippen MR) is 97.4 cm³/mol. The molecular weight excluding hydrogens is 320 g/mol. The topological polar surface area (TPSA) is 59.1 Å². The minimum absolute atomic E-state index is 0.0555. The van der Waals surface area contributed by atoms with Crippen molar-refractivity contribution in [1.82, 2.24) is 10.3 Å². The Kier molecular flexibility index (Phi) is 4.63. The molecule has 24 heavy (non-hydrogen) atoms. The molecule has 4 nitrogen and oxygen atoms in total. The number of nitrogens with zero attached hydrogens (tertiary/aromatic N) is 1. The Balaban J connectivity index is 1.88. The normalized spacial score (nSPS) is 14.6. The van der Waals surface area contributed by atoms with Crippen molar-refractivity contribution < 1.29 is 9.59 Å². The van der Waals surface area contributed by atoms with Crippen molar-refractivity contribution >= 4 is 34.4 Å². The summed E-state index contributed by atoms with van der Waals surface area (Å²) in [6, 6.07) is 9.75. The molecule has 0 unspecified atom stereocenters. The molecule has 1 N–H and O–H groups in total. The van der Waals surface area contributed by atoms with Crippen molar-refractivity contribution in [2.75, 3.05) is 5.75 Å². The highest BCUT2D eigenvalue weighted by Gasteiger charge is 2.25. The number of carbonyl (C=O) groups is 2. The van der Waals surface area contributed by atoms with Gasteiger partial charge in [0.05, 0.1) is 21.9 Å². The first kappa shape index (κ1) is 17.0. The lowest BCUT2D eigenvalue weighted by Crippen LogP contribution is -2.25. The number of hydrogen-bond acceptors (Lipinski definition) is 4. The number of aromatic nitrogens is 1. The largest absolute Gasteiger partial charge is 0.349 e. The van der Waals surface area contributed by atoms with Crippen molar-refractivity contribution in [2.45, 2.75) is 44.7 Å². The molecule has 1 aromatic heterocycles. The number of benzene rings is 1. The molecule has 0 saturated heterocycles. The molecule has 1 amide bonds. The van der Waals surface area contributed by atoms with Crippen molar-refractivity contribution in [2.24, 2.45) is 5.41 Å². The molecule has 0 radical (unpaired) electrons. The van der Waals surface area contributed by atoms with E-state index in [0.717, 1.165) is 23.7 Å². The van der Waals surface area contributed by atoms with Crippen molar-refractivity contribution in [3.05, 3.63) is 35.9 Å². The number of Topliss-reactive ketones (excluding diaryl/α,β-unsaturated/α-hetero) is 1. The van der Waals surface area contributed by atoms with Crippen LogP contribution in [0.3, 0.4) is 0 Å². The van der Waals surface area contributed by atoms with Crippen LogP contribution >= 0.6 is 11.8 Å². The summed E-state index contributed by atoms with van der Waals surface area (Å²) in [5.41, 5.74) is 1.06. The second-order valence-corrected chi connectivity index (χ2v) is 8.23. The van der Waals surface area contributed by atoms with Gasteiger partial charge in [0.25, 0.3) is 5.91 Å². The first-order valence-corrected chi connectivity index (χ1v) is 9.20. The highest BCUT2D eigenvalue weighted by atomic mass is 32.2. The summed E-state index contributed by atoms with van der Waals surface area (Å²) in [7, 11) is 0. The molecule has 1 aliphatic rings. The van der Waals surface area contributed by atoms with Crippen LogP contribution in [0.4, 0.5) is 0 Å². The Labute approximate surface area is 146 Å². The number of fused-ring (bicyclic) bond motifs is 1. The van der Waals surface area contributed by atoms with Crippen LogP contribution in [0.1, 0.15) is 44.0 Å². The Morgan fingerprint density at radius 2 is 1.96 bits per heavy atom. The maximum absolute atomic E-state index is 12.5. The van der Waals surface area contributed by atoms with Crippen LogP contribution in [0.15, 0.2) is 35.4 Å². The SMILES string of the molecule is CC(C)(C)C(=O)CSc1cc(C(=O)NC2CC2)c2ccccc2n1. The molecule has 2 aromatic rings. The van der Waals surface area contributed by atoms with Gasteiger partial charge in [0.2, 0.25) is 0 Å². The van der Waals surface area contributed by atoms with E-state index in [-0.39, 0.29) is 17.1 Å². The fraction of sp³-hybridized carbons (Fsp3) is 0.421. The Morgan fingerprint density at radius 1 is 1.25 bits per heavy atom. The van der Waals surface area contributed by atoms with Crippen LogP contribution in [-0.4, -0.2) is 28.5 Å². The second-order valence-electron chi connectivity index (χ2n) is 7.23. The maximum Gasteiger partial charge on any atom is 0.252 e. The minimum Gasteiger partial charge on any atom is -0.349 e. The van der Waals surface area contributed by atoms with E-state index >= 15 is 0 Å². The van der Waals surface area contributed by atoms with Gasteiger partial charge in [-0.3, -0.25) is 9.59 Å². The number of nitrogens with one attached hydrogen (secondary N) is 1. The molecule has 1 aliphatic carbocycles. The molecule has 1 fully saturated rings. The van der Waals surface area contributed by atoms with Crippen molar-refractivity contribution in [3.63, 3.8) is 0 Å². The van der Waals surface area contributed by atoms with Crippen LogP contribution in [0.25, 0.3) is 10.9 Å². The van der Waals surface area contributed by atoms with E-state index in [1.165, 1.54) is 11.8 Å². The standard InChI is InChI=1S/C19H22N2O2S/c1-19(2,3)16(22)11-24-17-10-14(18(23)20-12-8-9-12)13-6-4-5-7-15(13)21-17/h4-7,10,12H,8-9,11H2,1-3H3,(H,20,23). The number of pyridine rings is 1. The van der Waals surface area contributed by atoms with Gasteiger partial charge in [-0.15, -0.1) is 0 Å². The third-order valence-electron chi connectivity index (χ3n) is 4.04. The predicted octanol–water partition coefficient (Wildman–Crippen LogP) is 3.83. The molecule has 5 heteroatoms. The molecule has 3 rings (SSSR count). The quantitative estimate of drug-likeness (QED) is 0.839. The molecule has 1 aromatic carbocycles. The number of ketones is 1. The summed E-state index contributed by atoms with van der Waals surface area (Å²) in [5, 5.41) is 4.60. The van der Waals surface area contributed by atoms with Crippen LogP contribution in [0.2, 0.25) is 0 Å². The number of amides is 1. The number of rotatable bonds is 5. The summed E-state index contributed by atoms with van der Waals surface area (Å²) in [5.74, 6) is 0.477. The van der Waals surface area contributed by atoms with Gasteiger partial charge < -0.3 is 5.32 Å². The lowest BCUT2D eigenvalue weighted by molar-refractivity contribution is -0.123. The third-order valence-corrected chi connectivity index (χ3v) is 4.95. The zero-order chi connectivity index (χ0) is 17.3. The van der Waals surface area contributed by atoms with Crippen LogP contribution in [0, 0.1) is 5.41 Å². The molecule has 0 aliphatic heterocycles. The molecule has 0 spiro atoms. The lowest BCUT2D eigenvalue weighted by Gasteiger charge is -2.16. The van der Waals surface area contributed by atoms with Crippen LogP contribution < -0.4 is 5.32 Å². The lowest BCUT2D eigenvalue weighted by atomic mass is 9.92. The number of thioether (sulfide) groups is 1. The van der Waals surface area contributed by atoms with Crippen molar-refractivity contribution in [3.8, 4) is 0 Å². The van der Waals surface area contributed by atoms with Gasteiger partial charge in [-0.2, -0.15) is 0 Å². The van der Waals surface area contributed by atoms with E-state index in [1.54, 1.807) is 6.07 Å². The molecule has 1 heterocycles. The Morgan fingerprint density at radius 3 is 2.62 bits per heavy atom. The molecule has 0 bridgehead atoms. The molecule has 0 atom stereocenters. The fourth-order valence-corrected chi connectivity index (χ4v) is 3.34. The summed E-state index contributed by atoms with van der Waals surface area (Å²) < 4.78 is 0. The van der Waals surface area contributed by atoms with Crippen LogP contribution in [0.5, 0.6) is 0 Å². The third kappa shape index (κ3) is 3.96. The summed E-state index contributed by atoms with van der Waals surface area (Å²) in [4.78, 5) is 29.3. The van der Waals surface area contributed by atoms with Crippen molar-refractivity contribution in [1.29, 1.82) is 0 Å². The monoisotopic (exact) mass is 342 g/mol. The van der Waals surface area contributed by atoms with Gasteiger partial charge in [0.1, 0.15) is 5.78 Å². The molecule has 126 valence electrons. The number of hydrogen-bond donors (Lipinski definition) is 1. The van der Waals surface area contributed by atoms with Gasteiger partial charge in [-0.1, -0.05) is 50.7 Å². The molecular formula is C19H22N2O2S. The van der Waals surface area contributed by atoms with Gasteiger partial charge in [0.15, 0.2) is 0 Å². The van der Waals surface area contributed by atoms with Gasteiger partial charge in [-0.05, 0) is 25.0 Å². The van der Waals surface area contributed by atoms with Gasteiger partial charge in [0, 0.05) is 16.8 Å². The van der Waals surface area contributed by atoms with Gasteiger partial charge in [-0.25, -0.2) is 4.98 Å². The van der Waals surface area contributed by atoms with E-state index in [2.05, 4.69) is 10.3 Å². The highest BCUT2D eigenvalue weighted by Crippen LogP contribution is 2.27. The van der Waals surface area contributed by atoms with E-state index in [9.17, 15) is 9.59 Å². The summed E-state index contributed by atoms with van der Waals surface area (Å²) in [6.45, 7) is 5.74. The summed E-state index contributed by atoms with van der Waals surface area (Å²) >= 11 is 1.40. The van der Waals surface area contributed by atoms with E-state index < -0.39 is 0 Å². The first-order chi connectivity index (χ1) is 11.3. The smallest absolute Gasteiger partial charge is 0.252 e. The summed E-state index contributed by atoms with van der Waals surface area (Å²) in [6.07, 6.45) is 2.10. The number of para-hydroxylation sites is 1. The zero-order valence-electron chi connectivity index (χ0n) is 14.3. The van der Waals surface area contributed by atoms with E-state index in [1.807, 2.05) is 45.0 Å². The highest BCUT2D eigenvalue weighted by molar-refractivity contribution is 7.99. The Bertz CT molecular complexity index is 792. The van der Waals surface area contributed by atoms with E-state index in [4.69, 9.17) is 0 Å². The maximum atomic E-state index is 12.5. The van der Waals surface area contributed by atoms with Crippen LogP contribution in [-0.2, 0) is 4.79 Å². The molecule has 1 saturated carbocycles. The second kappa shape index (κ2) is 6.55. The Hall–Kier alpha value is -1.88. The minimum atomic E-state index is -0.365. The zero-order valence-corrected chi connectivity index (χ0v) is 15.1. The average molecular weight is 342 g/mol. The van der Waals surface area contributed by atoms with E-state index in [0.29, 0.717) is 22.4 Å².